The molecule has 52 heavy (non-hydrogen) atoms. The van der Waals surface area contributed by atoms with Crippen LogP contribution in [-0.4, -0.2) is 78.7 Å². The van der Waals surface area contributed by atoms with E-state index in [0.29, 0.717) is 83.8 Å². The maximum absolute atomic E-state index is 13.6. The third-order valence-corrected chi connectivity index (χ3v) is 10.7. The number of carbonyl (C=O) groups is 2. The minimum absolute atomic E-state index is 0.290. The highest BCUT2D eigenvalue weighted by Gasteiger charge is 2.40. The number of likely N-dealkylation sites (tertiary alicyclic amines) is 1. The molecule has 3 aromatic carbocycles. The molecule has 0 saturated carbocycles. The number of fused-ring (bicyclic) bond motifs is 2. The second-order valence-electron chi connectivity index (χ2n) is 14.3. The first-order valence-electron chi connectivity index (χ1n) is 17.3. The van der Waals surface area contributed by atoms with Crippen LogP contribution in [0.2, 0.25) is 5.02 Å². The summed E-state index contributed by atoms with van der Waals surface area (Å²) < 4.78 is 8.06. The number of rotatable bonds is 9. The molecule has 12 nitrogen and oxygen atoms in total. The highest BCUT2D eigenvalue weighted by Crippen LogP contribution is 2.40. The fraction of sp³-hybridized carbons (Fsp3) is 0.359. The molecule has 0 aliphatic carbocycles. The Balaban J connectivity index is 1.14. The highest BCUT2D eigenvalue weighted by molar-refractivity contribution is 6.36. The van der Waals surface area contributed by atoms with E-state index in [1.165, 1.54) is 0 Å². The van der Waals surface area contributed by atoms with Crippen molar-refractivity contribution < 1.29 is 24.2 Å². The van der Waals surface area contributed by atoms with Gasteiger partial charge >= 0.3 is 5.97 Å². The van der Waals surface area contributed by atoms with Crippen LogP contribution in [0, 0.1) is 23.7 Å². The zero-order valence-electron chi connectivity index (χ0n) is 29.5. The van der Waals surface area contributed by atoms with Crippen LogP contribution in [0.15, 0.2) is 52.9 Å². The normalized spacial score (nSPS) is 18.3. The van der Waals surface area contributed by atoms with E-state index >= 15 is 0 Å². The van der Waals surface area contributed by atoms with Crippen molar-refractivity contribution in [2.45, 2.75) is 52.8 Å². The van der Waals surface area contributed by atoms with Crippen molar-refractivity contribution in [2.75, 3.05) is 31.5 Å². The molecule has 2 aliphatic rings. The van der Waals surface area contributed by atoms with Crippen LogP contribution in [0.5, 0.6) is 0 Å². The number of aliphatic hydroxyl groups excluding tert-OH is 1. The lowest BCUT2D eigenvalue weighted by molar-refractivity contribution is -0.147. The Morgan fingerprint density at radius 1 is 1.12 bits per heavy atom. The van der Waals surface area contributed by atoms with Crippen molar-refractivity contribution in [2.24, 2.45) is 12.5 Å². The van der Waals surface area contributed by atoms with Crippen LogP contribution < -0.4 is 5.32 Å². The van der Waals surface area contributed by atoms with Crippen molar-refractivity contribution in [3.63, 3.8) is 0 Å². The molecule has 2 aliphatic heterocycles. The number of carboxylic acids is 1. The molecule has 13 heteroatoms. The van der Waals surface area contributed by atoms with E-state index in [1.54, 1.807) is 26.0 Å². The molecule has 1 amide bonds. The topological polar surface area (TPSA) is 161 Å². The Morgan fingerprint density at radius 2 is 1.87 bits per heavy atom. The molecular weight excluding hydrogens is 682 g/mol. The van der Waals surface area contributed by atoms with Gasteiger partial charge in [-0.25, -0.2) is 9.97 Å². The molecule has 0 spiro atoms. The minimum Gasteiger partial charge on any atom is -0.481 e. The van der Waals surface area contributed by atoms with E-state index in [2.05, 4.69) is 26.2 Å². The summed E-state index contributed by atoms with van der Waals surface area (Å²) in [6, 6.07) is 17.1. The van der Waals surface area contributed by atoms with Crippen LogP contribution in [0.1, 0.15) is 59.0 Å². The number of aliphatic carboxylic acids is 1. The zero-order chi connectivity index (χ0) is 36.9. The number of nitrogens with one attached hydrogen (secondary N) is 1. The van der Waals surface area contributed by atoms with Gasteiger partial charge in [0.1, 0.15) is 11.6 Å². The number of nitrogens with zero attached hydrogens (tertiary/aromatic N) is 6. The molecule has 0 radical (unpaired) electrons. The quantitative estimate of drug-likeness (QED) is 0.164. The van der Waals surface area contributed by atoms with Gasteiger partial charge in [-0.2, -0.15) is 5.26 Å². The standard InChI is InChI=1S/C39H40ClN7O5/c1-22(48)18-46-13-11-32-31(20-46)42-35(45(32)4)36(49)43-29-10-6-9-28(33(29)40)26-7-5-8-27(23(26)2)37-44-30-16-24(15-25(17-41)34(30)52-37)19-47-14-12-39(3,21-47)38(50)51/h5-10,15-16,22,48H,11-14,18-21H2,1-4H3,(H,43,49)(H,50,51)/t22?,39-/m1/s1. The molecule has 1 unspecified atom stereocenters. The number of nitriles is 1. The zero-order valence-corrected chi connectivity index (χ0v) is 30.3. The van der Waals surface area contributed by atoms with Gasteiger partial charge in [0.15, 0.2) is 11.4 Å². The van der Waals surface area contributed by atoms with Gasteiger partial charge in [0, 0.05) is 63.0 Å². The number of benzene rings is 3. The van der Waals surface area contributed by atoms with Crippen LogP contribution in [0.4, 0.5) is 5.69 Å². The fourth-order valence-electron chi connectivity index (χ4n) is 7.49. The number of halogens is 1. The maximum Gasteiger partial charge on any atom is 0.310 e. The predicted molar refractivity (Wildman–Crippen MR) is 197 cm³/mol. The number of hydrogen-bond donors (Lipinski definition) is 3. The summed E-state index contributed by atoms with van der Waals surface area (Å²) in [4.78, 5) is 39.0. The Labute approximate surface area is 306 Å². The minimum atomic E-state index is -0.801. The molecule has 5 aromatic rings. The monoisotopic (exact) mass is 721 g/mol. The van der Waals surface area contributed by atoms with Crippen molar-refractivity contribution in [1.29, 1.82) is 5.26 Å². The molecule has 1 fully saturated rings. The third kappa shape index (κ3) is 6.57. The second-order valence-corrected chi connectivity index (χ2v) is 14.6. The van der Waals surface area contributed by atoms with Gasteiger partial charge in [-0.3, -0.25) is 19.4 Å². The van der Waals surface area contributed by atoms with E-state index in [0.717, 1.165) is 46.6 Å². The summed E-state index contributed by atoms with van der Waals surface area (Å²) in [5.74, 6) is -0.527. The van der Waals surface area contributed by atoms with Gasteiger partial charge in [0.2, 0.25) is 5.89 Å². The third-order valence-electron chi connectivity index (χ3n) is 10.3. The Hall–Kier alpha value is -5.06. The number of aliphatic hydroxyl groups is 1. The van der Waals surface area contributed by atoms with E-state index in [9.17, 15) is 25.1 Å². The number of oxazole rings is 1. The number of carboxylic acid groups (broad SMARTS) is 1. The average Bonchev–Trinajstić information content (AvgIpc) is 3.80. The fourth-order valence-corrected chi connectivity index (χ4v) is 7.77. The first kappa shape index (κ1) is 35.3. The Kier molecular flexibility index (Phi) is 9.39. The first-order chi connectivity index (χ1) is 24.8. The molecule has 2 aromatic heterocycles. The number of hydrogen-bond acceptors (Lipinski definition) is 9. The van der Waals surface area contributed by atoms with Gasteiger partial charge in [-0.05, 0) is 74.7 Å². The number of carbonyl (C=O) groups excluding carboxylic acids is 1. The summed E-state index contributed by atoms with van der Waals surface area (Å²) in [7, 11) is 1.84. The van der Waals surface area contributed by atoms with Crippen molar-refractivity contribution in [1.82, 2.24) is 24.3 Å². The largest absolute Gasteiger partial charge is 0.481 e. The maximum atomic E-state index is 13.6. The van der Waals surface area contributed by atoms with Crippen LogP contribution in [0.25, 0.3) is 33.7 Å². The Morgan fingerprint density at radius 3 is 2.60 bits per heavy atom. The lowest BCUT2D eigenvalue weighted by Gasteiger charge is -2.27. The second kappa shape index (κ2) is 13.8. The van der Waals surface area contributed by atoms with Crippen molar-refractivity contribution in [3.8, 4) is 28.7 Å². The van der Waals surface area contributed by atoms with E-state index < -0.39 is 17.5 Å². The number of imidazole rings is 1. The average molecular weight is 722 g/mol. The summed E-state index contributed by atoms with van der Waals surface area (Å²) >= 11 is 7.00. The van der Waals surface area contributed by atoms with Crippen LogP contribution >= 0.6 is 11.6 Å². The van der Waals surface area contributed by atoms with Gasteiger partial charge in [-0.1, -0.05) is 35.9 Å². The Bertz CT molecular complexity index is 2270. The lowest BCUT2D eigenvalue weighted by Crippen LogP contribution is -2.36. The van der Waals surface area contributed by atoms with Gasteiger partial charge in [0.25, 0.3) is 5.91 Å². The summed E-state index contributed by atoms with van der Waals surface area (Å²) in [6.45, 7) is 8.96. The molecule has 0 bridgehead atoms. The SMILES string of the molecule is Cc1c(-c2nc3cc(CN4CC[C@@](C)(C(=O)O)C4)cc(C#N)c3o2)cccc1-c1cccc(NC(=O)c2nc3c(n2C)CCN(CC(C)O)C3)c1Cl. The molecule has 7 rings (SSSR count). The lowest BCUT2D eigenvalue weighted by atomic mass is 9.90. The van der Waals surface area contributed by atoms with Gasteiger partial charge < -0.3 is 24.5 Å². The summed E-state index contributed by atoms with van der Waals surface area (Å²) in [5, 5.41) is 32.8. The van der Waals surface area contributed by atoms with Crippen molar-refractivity contribution in [3.05, 3.63) is 87.5 Å². The molecule has 3 N–H and O–H groups in total. The first-order valence-corrected chi connectivity index (χ1v) is 17.7. The van der Waals surface area contributed by atoms with Gasteiger partial charge in [0.05, 0.1) is 33.5 Å². The van der Waals surface area contributed by atoms with E-state index in [1.807, 2.05) is 54.9 Å². The summed E-state index contributed by atoms with van der Waals surface area (Å²) in [6.07, 6.45) is 0.852. The highest BCUT2D eigenvalue weighted by atomic mass is 35.5. The van der Waals surface area contributed by atoms with E-state index in [4.69, 9.17) is 21.0 Å². The molecular formula is C39H40ClN7O5. The number of anilines is 1. The van der Waals surface area contributed by atoms with Crippen molar-refractivity contribution >= 4 is 40.3 Å². The van der Waals surface area contributed by atoms with E-state index in [-0.39, 0.29) is 5.91 Å². The number of amides is 1. The van der Waals surface area contributed by atoms with Gasteiger partial charge in [-0.15, -0.1) is 0 Å². The molecule has 2 atom stereocenters. The predicted octanol–water partition coefficient (Wildman–Crippen LogP) is 6.02. The number of β-amino-alcohol motifs (C(OH)–C–C–N with tert-alkyl or cyclic N) is 1. The molecule has 1 saturated heterocycles. The van der Waals surface area contributed by atoms with Crippen LogP contribution in [0.3, 0.4) is 0 Å². The molecule has 268 valence electrons. The molecule has 4 heterocycles. The summed E-state index contributed by atoms with van der Waals surface area (Å²) in [5.41, 5.74) is 6.75. The smallest absolute Gasteiger partial charge is 0.310 e. The van der Waals surface area contributed by atoms with Crippen LogP contribution in [-0.2, 0) is 31.4 Å². The number of aromatic nitrogens is 3.